The molecule has 1 saturated heterocycles. The number of H-pyrrole nitrogens is 1. The SMILES string of the molecule is CSc1nnc(-c2ccccc2N2CCCC2)c(=O)[nH]1. The first-order valence-electron chi connectivity index (χ1n) is 6.65. The molecule has 2 aromatic rings. The first kappa shape index (κ1) is 13.2. The Balaban J connectivity index is 2.08. The Bertz CT molecular complexity index is 664. The molecule has 2 heterocycles. The number of thioether (sulfide) groups is 1. The second-order valence-electron chi connectivity index (χ2n) is 4.72. The number of rotatable bonds is 3. The molecular formula is C14H16N4OS. The van der Waals surface area contributed by atoms with Crippen molar-refractivity contribution in [1.29, 1.82) is 0 Å². The van der Waals surface area contributed by atoms with E-state index < -0.39 is 0 Å². The van der Waals surface area contributed by atoms with Crippen LogP contribution in [-0.4, -0.2) is 34.5 Å². The van der Waals surface area contributed by atoms with E-state index in [1.54, 1.807) is 0 Å². The lowest BCUT2D eigenvalue weighted by atomic mass is 10.1. The van der Waals surface area contributed by atoms with Crippen LogP contribution in [0.4, 0.5) is 5.69 Å². The number of aromatic amines is 1. The third kappa shape index (κ3) is 2.43. The molecule has 0 spiro atoms. The fraction of sp³-hybridized carbons (Fsp3) is 0.357. The van der Waals surface area contributed by atoms with E-state index in [9.17, 15) is 4.79 Å². The van der Waals surface area contributed by atoms with Gasteiger partial charge >= 0.3 is 0 Å². The van der Waals surface area contributed by atoms with Gasteiger partial charge < -0.3 is 4.90 Å². The van der Waals surface area contributed by atoms with Crippen molar-refractivity contribution in [1.82, 2.24) is 15.2 Å². The Kier molecular flexibility index (Phi) is 3.73. The molecule has 3 rings (SSSR count). The Morgan fingerprint density at radius 2 is 1.95 bits per heavy atom. The maximum absolute atomic E-state index is 12.2. The summed E-state index contributed by atoms with van der Waals surface area (Å²) in [5, 5.41) is 8.69. The monoisotopic (exact) mass is 288 g/mol. The van der Waals surface area contributed by atoms with Crippen molar-refractivity contribution in [3.05, 3.63) is 34.6 Å². The molecular weight excluding hydrogens is 272 g/mol. The van der Waals surface area contributed by atoms with Crippen LogP contribution in [0, 0.1) is 0 Å². The summed E-state index contributed by atoms with van der Waals surface area (Å²) in [5.74, 6) is 0. The van der Waals surface area contributed by atoms with Crippen LogP contribution >= 0.6 is 11.8 Å². The molecule has 1 aliphatic rings. The van der Waals surface area contributed by atoms with Crippen LogP contribution in [0.15, 0.2) is 34.2 Å². The predicted octanol–water partition coefficient (Wildman–Crippen LogP) is 2.15. The first-order valence-corrected chi connectivity index (χ1v) is 7.87. The minimum Gasteiger partial charge on any atom is -0.371 e. The zero-order valence-corrected chi connectivity index (χ0v) is 12.1. The van der Waals surface area contributed by atoms with Crippen molar-refractivity contribution < 1.29 is 0 Å². The van der Waals surface area contributed by atoms with E-state index in [0.717, 1.165) is 24.3 Å². The predicted molar refractivity (Wildman–Crippen MR) is 81.3 cm³/mol. The van der Waals surface area contributed by atoms with E-state index in [4.69, 9.17) is 0 Å². The van der Waals surface area contributed by atoms with Crippen LogP contribution in [-0.2, 0) is 0 Å². The number of nitrogens with one attached hydrogen (secondary N) is 1. The fourth-order valence-corrected chi connectivity index (χ4v) is 2.82. The van der Waals surface area contributed by atoms with Gasteiger partial charge in [0, 0.05) is 24.3 Å². The molecule has 0 unspecified atom stereocenters. The molecule has 0 aliphatic carbocycles. The molecule has 6 heteroatoms. The molecule has 5 nitrogen and oxygen atoms in total. The molecule has 1 N–H and O–H groups in total. The lowest BCUT2D eigenvalue weighted by molar-refractivity contribution is 0.825. The minimum atomic E-state index is -0.184. The summed E-state index contributed by atoms with van der Waals surface area (Å²) in [4.78, 5) is 17.2. The van der Waals surface area contributed by atoms with Gasteiger partial charge in [-0.1, -0.05) is 30.0 Å². The summed E-state index contributed by atoms with van der Waals surface area (Å²) in [6.45, 7) is 2.07. The van der Waals surface area contributed by atoms with Crippen molar-refractivity contribution in [2.75, 3.05) is 24.2 Å². The Morgan fingerprint density at radius 1 is 1.20 bits per heavy atom. The second-order valence-corrected chi connectivity index (χ2v) is 5.52. The normalized spacial score (nSPS) is 14.8. The van der Waals surface area contributed by atoms with Gasteiger partial charge in [-0.25, -0.2) is 0 Å². The van der Waals surface area contributed by atoms with Crippen molar-refractivity contribution >= 4 is 17.4 Å². The summed E-state index contributed by atoms with van der Waals surface area (Å²) < 4.78 is 0. The second kappa shape index (κ2) is 5.66. The molecule has 0 amide bonds. The van der Waals surface area contributed by atoms with E-state index in [0.29, 0.717) is 10.9 Å². The minimum absolute atomic E-state index is 0.184. The third-order valence-electron chi connectivity index (χ3n) is 3.48. The molecule has 0 bridgehead atoms. The molecule has 0 atom stereocenters. The number of para-hydroxylation sites is 1. The summed E-state index contributed by atoms with van der Waals surface area (Å²) in [7, 11) is 0. The maximum Gasteiger partial charge on any atom is 0.278 e. The molecule has 0 radical (unpaired) electrons. The molecule has 1 aromatic carbocycles. The Labute approximate surface area is 121 Å². The zero-order valence-electron chi connectivity index (χ0n) is 11.3. The topological polar surface area (TPSA) is 61.9 Å². The van der Waals surface area contributed by atoms with Crippen LogP contribution in [0.2, 0.25) is 0 Å². The summed E-state index contributed by atoms with van der Waals surface area (Å²) >= 11 is 1.38. The smallest absolute Gasteiger partial charge is 0.278 e. The maximum atomic E-state index is 12.2. The van der Waals surface area contributed by atoms with E-state index in [1.165, 1.54) is 24.6 Å². The molecule has 1 aromatic heterocycles. The van der Waals surface area contributed by atoms with Crippen LogP contribution in [0.25, 0.3) is 11.3 Å². The highest BCUT2D eigenvalue weighted by atomic mass is 32.2. The van der Waals surface area contributed by atoms with Crippen molar-refractivity contribution in [2.45, 2.75) is 18.0 Å². The summed E-state index contributed by atoms with van der Waals surface area (Å²) in [5.41, 5.74) is 2.14. The van der Waals surface area contributed by atoms with Crippen LogP contribution in [0.3, 0.4) is 0 Å². The third-order valence-corrected chi connectivity index (χ3v) is 4.05. The Morgan fingerprint density at radius 3 is 2.65 bits per heavy atom. The molecule has 1 aliphatic heterocycles. The van der Waals surface area contributed by atoms with Gasteiger partial charge in [0.25, 0.3) is 5.56 Å². The molecule has 20 heavy (non-hydrogen) atoms. The number of nitrogens with zero attached hydrogens (tertiary/aromatic N) is 3. The average Bonchev–Trinajstić information content (AvgIpc) is 3.01. The molecule has 0 saturated carbocycles. The lowest BCUT2D eigenvalue weighted by Gasteiger charge is -2.20. The van der Waals surface area contributed by atoms with E-state index in [2.05, 4.69) is 20.1 Å². The first-order chi connectivity index (χ1) is 9.79. The Hall–Kier alpha value is -1.82. The highest BCUT2D eigenvalue weighted by Crippen LogP contribution is 2.29. The highest BCUT2D eigenvalue weighted by molar-refractivity contribution is 7.98. The zero-order chi connectivity index (χ0) is 13.9. The summed E-state index contributed by atoms with van der Waals surface area (Å²) in [6, 6.07) is 7.91. The van der Waals surface area contributed by atoms with Crippen LogP contribution in [0.5, 0.6) is 0 Å². The largest absolute Gasteiger partial charge is 0.371 e. The lowest BCUT2D eigenvalue weighted by Crippen LogP contribution is -2.20. The van der Waals surface area contributed by atoms with Gasteiger partial charge in [0.1, 0.15) is 0 Å². The molecule has 1 fully saturated rings. The van der Waals surface area contributed by atoms with Gasteiger partial charge in [0.15, 0.2) is 10.9 Å². The highest BCUT2D eigenvalue weighted by Gasteiger charge is 2.18. The van der Waals surface area contributed by atoms with Gasteiger partial charge in [0.05, 0.1) is 0 Å². The standard InChI is InChI=1S/C14H16N4OS/c1-20-14-15-13(19)12(16-17-14)10-6-2-3-7-11(10)18-8-4-5-9-18/h2-3,6-7H,4-5,8-9H2,1H3,(H,15,17,19). The number of aromatic nitrogens is 3. The number of anilines is 1. The number of benzene rings is 1. The van der Waals surface area contributed by atoms with Gasteiger partial charge in [-0.05, 0) is 25.2 Å². The van der Waals surface area contributed by atoms with E-state index in [-0.39, 0.29) is 5.56 Å². The van der Waals surface area contributed by atoms with Gasteiger partial charge in [-0.15, -0.1) is 10.2 Å². The quantitative estimate of drug-likeness (QED) is 0.877. The number of hydrogen-bond acceptors (Lipinski definition) is 5. The van der Waals surface area contributed by atoms with Gasteiger partial charge in [0.2, 0.25) is 0 Å². The van der Waals surface area contributed by atoms with Crippen molar-refractivity contribution in [3.8, 4) is 11.3 Å². The number of hydrogen-bond donors (Lipinski definition) is 1. The average molecular weight is 288 g/mol. The summed E-state index contributed by atoms with van der Waals surface area (Å²) in [6.07, 6.45) is 4.25. The van der Waals surface area contributed by atoms with Crippen molar-refractivity contribution in [3.63, 3.8) is 0 Å². The van der Waals surface area contributed by atoms with Crippen LogP contribution < -0.4 is 10.5 Å². The van der Waals surface area contributed by atoms with E-state index >= 15 is 0 Å². The van der Waals surface area contributed by atoms with Crippen molar-refractivity contribution in [2.24, 2.45) is 0 Å². The fourth-order valence-electron chi connectivity index (χ4n) is 2.50. The molecule has 104 valence electrons. The van der Waals surface area contributed by atoms with E-state index in [1.807, 2.05) is 30.5 Å². The van der Waals surface area contributed by atoms with Crippen LogP contribution in [0.1, 0.15) is 12.8 Å². The van der Waals surface area contributed by atoms with Gasteiger partial charge in [-0.3, -0.25) is 9.78 Å². The van der Waals surface area contributed by atoms with Gasteiger partial charge in [-0.2, -0.15) is 0 Å².